The fraction of sp³-hybridized carbons (Fsp3) is 0.0667. The maximum absolute atomic E-state index is 2.41. The first-order valence-corrected chi connectivity index (χ1v) is 16.4. The van der Waals surface area contributed by atoms with Crippen molar-refractivity contribution in [1.82, 2.24) is 4.57 Å². The molecule has 1 aliphatic carbocycles. The average molecular weight is 603 g/mol. The SMILES string of the molecule is CC1(C)c2ccccc2-c2ccc(N(c3ccccc3)c3ccc4c(c3)c3ccccc3n4-c3ccc(-c4ccccc4)cc3)cc21. The van der Waals surface area contributed by atoms with Crippen molar-refractivity contribution in [2.45, 2.75) is 19.3 Å². The molecule has 1 aliphatic rings. The molecule has 0 bridgehead atoms. The third-order valence-electron chi connectivity index (χ3n) is 9.99. The third-order valence-corrected chi connectivity index (χ3v) is 9.99. The molecule has 2 heteroatoms. The van der Waals surface area contributed by atoms with Crippen LogP contribution in [0.1, 0.15) is 25.0 Å². The minimum absolute atomic E-state index is 0.0717. The van der Waals surface area contributed by atoms with Gasteiger partial charge in [0.15, 0.2) is 0 Å². The van der Waals surface area contributed by atoms with E-state index in [1.165, 1.54) is 55.2 Å². The number of rotatable bonds is 5. The van der Waals surface area contributed by atoms with Gasteiger partial charge in [-0.3, -0.25) is 0 Å². The molecule has 7 aromatic carbocycles. The zero-order valence-electron chi connectivity index (χ0n) is 26.6. The van der Waals surface area contributed by atoms with Gasteiger partial charge in [0.2, 0.25) is 0 Å². The normalized spacial score (nSPS) is 13.1. The lowest BCUT2D eigenvalue weighted by atomic mass is 9.82. The van der Waals surface area contributed by atoms with Gasteiger partial charge in [-0.15, -0.1) is 0 Å². The Balaban J connectivity index is 1.20. The number of nitrogens with zero attached hydrogens (tertiary/aromatic N) is 2. The van der Waals surface area contributed by atoms with Gasteiger partial charge in [-0.1, -0.05) is 123 Å². The van der Waals surface area contributed by atoms with Crippen LogP contribution >= 0.6 is 0 Å². The molecule has 0 saturated carbocycles. The van der Waals surface area contributed by atoms with Crippen molar-refractivity contribution >= 4 is 38.9 Å². The van der Waals surface area contributed by atoms with E-state index < -0.39 is 0 Å². The Morgan fingerprint density at radius 1 is 0.426 bits per heavy atom. The third kappa shape index (κ3) is 4.33. The van der Waals surface area contributed by atoms with Crippen LogP contribution in [0.3, 0.4) is 0 Å². The Bertz CT molecular complexity index is 2420. The van der Waals surface area contributed by atoms with Crippen LogP contribution in [0, 0.1) is 0 Å². The second kappa shape index (κ2) is 10.6. The summed E-state index contributed by atoms with van der Waals surface area (Å²) in [6, 6.07) is 61.8. The number of aromatic nitrogens is 1. The maximum atomic E-state index is 2.41. The van der Waals surface area contributed by atoms with Gasteiger partial charge in [-0.05, 0) is 94.0 Å². The van der Waals surface area contributed by atoms with E-state index in [-0.39, 0.29) is 5.41 Å². The quantitative estimate of drug-likeness (QED) is 0.190. The molecule has 0 radical (unpaired) electrons. The first-order chi connectivity index (χ1) is 23.1. The van der Waals surface area contributed by atoms with Crippen LogP contribution < -0.4 is 4.90 Å². The summed E-state index contributed by atoms with van der Waals surface area (Å²) in [6.45, 7) is 4.70. The van der Waals surface area contributed by atoms with E-state index in [1.54, 1.807) is 0 Å². The van der Waals surface area contributed by atoms with Crippen molar-refractivity contribution in [3.8, 4) is 27.9 Å². The number of anilines is 3. The monoisotopic (exact) mass is 602 g/mol. The van der Waals surface area contributed by atoms with Crippen molar-refractivity contribution in [3.05, 3.63) is 181 Å². The van der Waals surface area contributed by atoms with E-state index in [9.17, 15) is 0 Å². The van der Waals surface area contributed by atoms with Crippen molar-refractivity contribution in [2.24, 2.45) is 0 Å². The minimum atomic E-state index is -0.0717. The van der Waals surface area contributed by atoms with Crippen molar-refractivity contribution < 1.29 is 0 Å². The highest BCUT2D eigenvalue weighted by molar-refractivity contribution is 6.10. The van der Waals surface area contributed by atoms with Crippen LogP contribution in [0.2, 0.25) is 0 Å². The van der Waals surface area contributed by atoms with Gasteiger partial charge < -0.3 is 9.47 Å². The predicted molar refractivity (Wildman–Crippen MR) is 198 cm³/mol. The predicted octanol–water partition coefficient (Wildman–Crippen LogP) is 12.2. The maximum Gasteiger partial charge on any atom is 0.0542 e. The summed E-state index contributed by atoms with van der Waals surface area (Å²) in [7, 11) is 0. The molecule has 0 unspecified atom stereocenters. The summed E-state index contributed by atoms with van der Waals surface area (Å²) in [5.41, 5.74) is 14.8. The number of benzene rings is 7. The molecule has 224 valence electrons. The highest BCUT2D eigenvalue weighted by atomic mass is 15.1. The minimum Gasteiger partial charge on any atom is -0.310 e. The van der Waals surface area contributed by atoms with E-state index in [2.05, 4.69) is 193 Å². The van der Waals surface area contributed by atoms with Crippen LogP contribution in [0.5, 0.6) is 0 Å². The summed E-state index contributed by atoms with van der Waals surface area (Å²) in [5, 5.41) is 2.48. The summed E-state index contributed by atoms with van der Waals surface area (Å²) in [4.78, 5) is 2.40. The number of para-hydroxylation sites is 2. The number of fused-ring (bicyclic) bond motifs is 6. The van der Waals surface area contributed by atoms with E-state index in [1.807, 2.05) is 0 Å². The van der Waals surface area contributed by atoms with Crippen molar-refractivity contribution in [2.75, 3.05) is 4.90 Å². The molecule has 9 rings (SSSR count). The van der Waals surface area contributed by atoms with Crippen LogP contribution in [-0.4, -0.2) is 4.57 Å². The standard InChI is InChI=1S/C45H34N2/c1-45(2)41-19-11-9-17-37(41)38-27-25-36(30-42(38)45)46(33-15-7-4-8-16-33)35-26-28-44-40(29-35)39-18-10-12-20-43(39)47(44)34-23-21-32(22-24-34)31-13-5-3-6-14-31/h3-30H,1-2H3. The molecule has 0 aliphatic heterocycles. The fourth-order valence-electron chi connectivity index (χ4n) is 7.67. The molecule has 1 aromatic heterocycles. The van der Waals surface area contributed by atoms with E-state index in [0.717, 1.165) is 22.7 Å². The fourth-order valence-corrected chi connectivity index (χ4v) is 7.67. The Hall–Kier alpha value is -5.86. The lowest BCUT2D eigenvalue weighted by Gasteiger charge is -2.28. The van der Waals surface area contributed by atoms with Gasteiger partial charge in [0.25, 0.3) is 0 Å². The van der Waals surface area contributed by atoms with Crippen LogP contribution in [0.15, 0.2) is 170 Å². The number of hydrogen-bond donors (Lipinski definition) is 0. The lowest BCUT2D eigenvalue weighted by molar-refractivity contribution is 0.660. The Labute approximate surface area is 275 Å². The van der Waals surface area contributed by atoms with E-state index in [4.69, 9.17) is 0 Å². The van der Waals surface area contributed by atoms with Gasteiger partial charge in [0, 0.05) is 38.9 Å². The van der Waals surface area contributed by atoms with Crippen LogP contribution in [0.25, 0.3) is 49.7 Å². The molecule has 0 fully saturated rings. The summed E-state index contributed by atoms with van der Waals surface area (Å²) >= 11 is 0. The Kier molecular flexibility index (Phi) is 6.20. The molecule has 1 heterocycles. The molecule has 0 spiro atoms. The first kappa shape index (κ1) is 27.5. The molecule has 2 nitrogen and oxygen atoms in total. The molecule has 47 heavy (non-hydrogen) atoms. The Morgan fingerprint density at radius 2 is 1.02 bits per heavy atom. The topological polar surface area (TPSA) is 8.17 Å². The molecule has 0 saturated heterocycles. The van der Waals surface area contributed by atoms with Gasteiger partial charge in [-0.25, -0.2) is 0 Å². The van der Waals surface area contributed by atoms with Crippen molar-refractivity contribution in [3.63, 3.8) is 0 Å². The highest BCUT2D eigenvalue weighted by Crippen LogP contribution is 2.50. The summed E-state index contributed by atoms with van der Waals surface area (Å²) in [5.74, 6) is 0. The van der Waals surface area contributed by atoms with Gasteiger partial charge in [-0.2, -0.15) is 0 Å². The van der Waals surface area contributed by atoms with E-state index >= 15 is 0 Å². The highest BCUT2D eigenvalue weighted by Gasteiger charge is 2.35. The number of hydrogen-bond acceptors (Lipinski definition) is 1. The van der Waals surface area contributed by atoms with Gasteiger partial charge in [0.05, 0.1) is 11.0 Å². The molecular weight excluding hydrogens is 569 g/mol. The molecule has 0 N–H and O–H groups in total. The van der Waals surface area contributed by atoms with Crippen LogP contribution in [0.4, 0.5) is 17.1 Å². The largest absolute Gasteiger partial charge is 0.310 e. The zero-order valence-corrected chi connectivity index (χ0v) is 26.6. The molecular formula is C45H34N2. The van der Waals surface area contributed by atoms with E-state index in [0.29, 0.717) is 0 Å². The second-order valence-electron chi connectivity index (χ2n) is 13.0. The second-order valence-corrected chi connectivity index (χ2v) is 13.0. The molecule has 8 aromatic rings. The van der Waals surface area contributed by atoms with Crippen molar-refractivity contribution in [1.29, 1.82) is 0 Å². The molecule has 0 atom stereocenters. The first-order valence-electron chi connectivity index (χ1n) is 16.4. The summed E-state index contributed by atoms with van der Waals surface area (Å²) in [6.07, 6.45) is 0. The lowest BCUT2D eigenvalue weighted by Crippen LogP contribution is -2.16. The average Bonchev–Trinajstić information content (AvgIpc) is 3.57. The zero-order chi connectivity index (χ0) is 31.5. The van der Waals surface area contributed by atoms with Gasteiger partial charge >= 0.3 is 0 Å². The summed E-state index contributed by atoms with van der Waals surface area (Å²) < 4.78 is 2.39. The van der Waals surface area contributed by atoms with Crippen LogP contribution in [-0.2, 0) is 5.41 Å². The molecule has 0 amide bonds. The smallest absolute Gasteiger partial charge is 0.0542 e. The Morgan fingerprint density at radius 3 is 1.83 bits per heavy atom. The van der Waals surface area contributed by atoms with Gasteiger partial charge in [0.1, 0.15) is 0 Å².